The van der Waals surface area contributed by atoms with Crippen molar-refractivity contribution in [3.8, 4) is 0 Å². The van der Waals surface area contributed by atoms with E-state index in [9.17, 15) is 4.79 Å². The molecule has 1 atom stereocenters. The Morgan fingerprint density at radius 2 is 2.25 bits per heavy atom. The van der Waals surface area contributed by atoms with Crippen LogP contribution in [0.15, 0.2) is 12.7 Å². The van der Waals surface area contributed by atoms with Crippen molar-refractivity contribution in [3.63, 3.8) is 0 Å². The Morgan fingerprint density at radius 3 is 3.12 bits per heavy atom. The summed E-state index contributed by atoms with van der Waals surface area (Å²) in [6, 6.07) is -0.0211. The van der Waals surface area contributed by atoms with Crippen molar-refractivity contribution in [2.24, 2.45) is 0 Å². The summed E-state index contributed by atoms with van der Waals surface area (Å²) in [6.07, 6.45) is 4.17. The van der Waals surface area contributed by atoms with Crippen LogP contribution in [0.3, 0.4) is 0 Å². The Labute approximate surface area is 91.5 Å². The number of fused-ring (bicyclic) bond motifs is 1. The second-order valence-corrected chi connectivity index (χ2v) is 3.86. The molecule has 0 radical (unpaired) electrons. The highest BCUT2D eigenvalue weighted by Crippen LogP contribution is 2.23. The molecule has 3 heterocycles. The van der Waals surface area contributed by atoms with E-state index in [0.717, 1.165) is 11.2 Å². The van der Waals surface area contributed by atoms with Crippen LogP contribution < -0.4 is 5.32 Å². The lowest BCUT2D eigenvalue weighted by molar-refractivity contribution is -0.120. The number of piperidine rings is 1. The van der Waals surface area contributed by atoms with Crippen molar-refractivity contribution in [1.29, 1.82) is 0 Å². The molecule has 3 rings (SSSR count). The lowest BCUT2D eigenvalue weighted by Gasteiger charge is -2.22. The number of H-pyrrole nitrogens is 1. The van der Waals surface area contributed by atoms with Crippen molar-refractivity contribution in [2.45, 2.75) is 18.9 Å². The predicted molar refractivity (Wildman–Crippen MR) is 56.7 cm³/mol. The molecule has 6 nitrogen and oxygen atoms in total. The predicted octanol–water partition coefficient (Wildman–Crippen LogP) is 0.346. The van der Waals surface area contributed by atoms with Gasteiger partial charge in [0.2, 0.25) is 0 Å². The molecule has 2 aromatic heterocycles. The van der Waals surface area contributed by atoms with Crippen LogP contribution in [0.4, 0.5) is 0 Å². The number of aromatic amines is 1. The number of carbonyl (C=O) groups is 1. The fourth-order valence-electron chi connectivity index (χ4n) is 2.03. The quantitative estimate of drug-likeness (QED) is 0.720. The van der Waals surface area contributed by atoms with Gasteiger partial charge in [0.15, 0.2) is 5.65 Å². The minimum absolute atomic E-state index is 0.0211. The van der Waals surface area contributed by atoms with Gasteiger partial charge in [0, 0.05) is 19.4 Å². The second kappa shape index (κ2) is 3.64. The van der Waals surface area contributed by atoms with Gasteiger partial charge in [0.05, 0.1) is 18.1 Å². The number of carbonyl (C=O) groups excluding carboxylic acids is 1. The molecular weight excluding hydrogens is 206 g/mol. The van der Waals surface area contributed by atoms with E-state index >= 15 is 0 Å². The maximum atomic E-state index is 11.4. The van der Waals surface area contributed by atoms with E-state index in [4.69, 9.17) is 0 Å². The Balaban J connectivity index is 2.04. The molecule has 0 spiro atoms. The van der Waals surface area contributed by atoms with Crippen molar-refractivity contribution in [3.05, 3.63) is 18.3 Å². The Hall–Kier alpha value is -1.82. The molecule has 6 heteroatoms. The van der Waals surface area contributed by atoms with E-state index in [1.54, 1.807) is 6.33 Å². The third-order valence-electron chi connectivity index (χ3n) is 2.81. The summed E-state index contributed by atoms with van der Waals surface area (Å²) in [5.74, 6) is 0.273. The first-order valence-electron chi connectivity index (χ1n) is 5.23. The van der Waals surface area contributed by atoms with Gasteiger partial charge in [-0.3, -0.25) is 4.79 Å². The molecule has 0 aromatic carbocycles. The minimum atomic E-state index is -0.0211. The summed E-state index contributed by atoms with van der Waals surface area (Å²) in [7, 11) is 0. The summed E-state index contributed by atoms with van der Waals surface area (Å²) in [4.78, 5) is 26.8. The molecule has 16 heavy (non-hydrogen) atoms. The SMILES string of the molecule is O=C1CCNC(c2ncnc3nc[nH]c23)C1. The number of hydrogen-bond donors (Lipinski definition) is 2. The number of Topliss-reactive ketones (excluding diaryl/α,β-unsaturated/α-hetero) is 1. The molecule has 1 saturated heterocycles. The number of aromatic nitrogens is 4. The van der Waals surface area contributed by atoms with Crippen LogP contribution >= 0.6 is 0 Å². The Kier molecular flexibility index (Phi) is 2.14. The van der Waals surface area contributed by atoms with Crippen LogP contribution in [0.5, 0.6) is 0 Å². The summed E-state index contributed by atoms with van der Waals surface area (Å²) in [5, 5.41) is 3.29. The lowest BCUT2D eigenvalue weighted by atomic mass is 10.0. The first kappa shape index (κ1) is 9.41. The largest absolute Gasteiger partial charge is 0.342 e. The van der Waals surface area contributed by atoms with Crippen LogP contribution in [0, 0.1) is 0 Å². The third kappa shape index (κ3) is 1.47. The van der Waals surface area contributed by atoms with E-state index < -0.39 is 0 Å². The fraction of sp³-hybridized carbons (Fsp3) is 0.400. The van der Waals surface area contributed by atoms with Gasteiger partial charge >= 0.3 is 0 Å². The van der Waals surface area contributed by atoms with Gasteiger partial charge in [-0.05, 0) is 0 Å². The monoisotopic (exact) mass is 217 g/mol. The standard InChI is InChI=1S/C10H11N5O/c16-6-1-2-11-7(3-6)8-9-10(14-4-12-8)15-5-13-9/h4-5,7,11H,1-3H2,(H,12,13,14,15). The van der Waals surface area contributed by atoms with E-state index in [2.05, 4.69) is 25.3 Å². The summed E-state index contributed by atoms with van der Waals surface area (Å²) in [6.45, 7) is 0.711. The smallest absolute Gasteiger partial charge is 0.180 e. The third-order valence-corrected chi connectivity index (χ3v) is 2.81. The molecule has 0 bridgehead atoms. The van der Waals surface area contributed by atoms with Gasteiger partial charge in [-0.1, -0.05) is 0 Å². The highest BCUT2D eigenvalue weighted by Gasteiger charge is 2.23. The maximum Gasteiger partial charge on any atom is 0.180 e. The zero-order valence-corrected chi connectivity index (χ0v) is 8.60. The molecule has 1 fully saturated rings. The molecule has 1 aliphatic rings. The van der Waals surface area contributed by atoms with Crippen LogP contribution in [-0.4, -0.2) is 32.3 Å². The molecule has 0 amide bonds. The molecule has 2 aromatic rings. The van der Waals surface area contributed by atoms with E-state index in [1.807, 2.05) is 0 Å². The average Bonchev–Trinajstić information content (AvgIpc) is 2.76. The summed E-state index contributed by atoms with van der Waals surface area (Å²) in [5.41, 5.74) is 2.29. The Bertz CT molecular complexity index is 535. The highest BCUT2D eigenvalue weighted by atomic mass is 16.1. The molecule has 2 N–H and O–H groups in total. The highest BCUT2D eigenvalue weighted by molar-refractivity contribution is 5.81. The van der Waals surface area contributed by atoms with Crippen molar-refractivity contribution in [2.75, 3.05) is 6.54 Å². The molecule has 1 aliphatic heterocycles. The molecule has 0 aliphatic carbocycles. The van der Waals surface area contributed by atoms with Crippen molar-refractivity contribution >= 4 is 16.9 Å². The molecule has 0 saturated carbocycles. The van der Waals surface area contributed by atoms with Gasteiger partial charge in [0.1, 0.15) is 17.6 Å². The van der Waals surface area contributed by atoms with Crippen LogP contribution in [0.1, 0.15) is 24.6 Å². The molecule has 1 unspecified atom stereocenters. The van der Waals surface area contributed by atoms with E-state index in [0.29, 0.717) is 25.0 Å². The topological polar surface area (TPSA) is 83.6 Å². The van der Waals surface area contributed by atoms with Crippen LogP contribution in [0.2, 0.25) is 0 Å². The van der Waals surface area contributed by atoms with Gasteiger partial charge in [-0.25, -0.2) is 15.0 Å². The fourth-order valence-corrected chi connectivity index (χ4v) is 2.03. The number of imidazole rings is 1. The zero-order valence-electron chi connectivity index (χ0n) is 8.60. The van der Waals surface area contributed by atoms with Crippen LogP contribution in [0.25, 0.3) is 11.2 Å². The number of rotatable bonds is 1. The molecule has 82 valence electrons. The average molecular weight is 217 g/mol. The second-order valence-electron chi connectivity index (χ2n) is 3.86. The van der Waals surface area contributed by atoms with Gasteiger partial charge in [-0.15, -0.1) is 0 Å². The zero-order chi connectivity index (χ0) is 11.0. The number of nitrogens with one attached hydrogen (secondary N) is 2. The Morgan fingerprint density at radius 1 is 1.31 bits per heavy atom. The summed E-state index contributed by atoms with van der Waals surface area (Å²) >= 11 is 0. The van der Waals surface area contributed by atoms with Gasteiger partial charge in [-0.2, -0.15) is 0 Å². The maximum absolute atomic E-state index is 11.4. The van der Waals surface area contributed by atoms with Crippen molar-refractivity contribution in [1.82, 2.24) is 25.3 Å². The number of ketones is 1. The van der Waals surface area contributed by atoms with E-state index in [-0.39, 0.29) is 11.8 Å². The lowest BCUT2D eigenvalue weighted by Crippen LogP contribution is -2.32. The molecular formula is C10H11N5O. The van der Waals surface area contributed by atoms with Crippen LogP contribution in [-0.2, 0) is 4.79 Å². The number of hydrogen-bond acceptors (Lipinski definition) is 5. The van der Waals surface area contributed by atoms with Gasteiger partial charge in [0.25, 0.3) is 0 Å². The van der Waals surface area contributed by atoms with Crippen molar-refractivity contribution < 1.29 is 4.79 Å². The first-order valence-corrected chi connectivity index (χ1v) is 5.23. The first-order chi connectivity index (χ1) is 7.84. The minimum Gasteiger partial charge on any atom is -0.342 e. The van der Waals surface area contributed by atoms with Gasteiger partial charge < -0.3 is 10.3 Å². The summed E-state index contributed by atoms with van der Waals surface area (Å²) < 4.78 is 0. The number of nitrogens with zero attached hydrogens (tertiary/aromatic N) is 3. The van der Waals surface area contributed by atoms with E-state index in [1.165, 1.54) is 6.33 Å². The normalized spacial score (nSPS) is 21.5.